The number of benzene rings is 2. The summed E-state index contributed by atoms with van der Waals surface area (Å²) in [6.45, 7) is 0.207. The van der Waals surface area contributed by atoms with Crippen molar-refractivity contribution in [3.8, 4) is 5.75 Å². The zero-order chi connectivity index (χ0) is 21.2. The zero-order valence-electron chi connectivity index (χ0n) is 16.1. The van der Waals surface area contributed by atoms with Crippen LogP contribution in [0.5, 0.6) is 5.75 Å². The van der Waals surface area contributed by atoms with Crippen molar-refractivity contribution in [1.29, 1.82) is 0 Å². The van der Waals surface area contributed by atoms with Crippen molar-refractivity contribution in [2.24, 2.45) is 5.92 Å². The summed E-state index contributed by atoms with van der Waals surface area (Å²) in [7, 11) is -1.16. The maximum absolute atomic E-state index is 13.7. The molecule has 1 aliphatic rings. The van der Waals surface area contributed by atoms with E-state index in [1.807, 2.05) is 0 Å². The van der Waals surface area contributed by atoms with Crippen LogP contribution in [0.4, 0.5) is 14.5 Å². The number of rotatable bonds is 5. The first-order chi connectivity index (χ1) is 13.7. The molecule has 2 aromatic rings. The number of carbonyl (C=O) groups is 1. The Morgan fingerprint density at radius 1 is 1.14 bits per heavy atom. The van der Waals surface area contributed by atoms with Gasteiger partial charge >= 0.3 is 0 Å². The van der Waals surface area contributed by atoms with E-state index < -0.39 is 27.6 Å². The fourth-order valence-electron chi connectivity index (χ4n) is 3.42. The molecule has 1 atom stereocenters. The number of amides is 1. The van der Waals surface area contributed by atoms with Crippen LogP contribution in [0.1, 0.15) is 12.8 Å². The largest absolute Gasteiger partial charge is 0.495 e. The minimum Gasteiger partial charge on any atom is -0.495 e. The third kappa shape index (κ3) is 4.40. The number of halogens is 2. The van der Waals surface area contributed by atoms with E-state index in [1.165, 1.54) is 46.6 Å². The van der Waals surface area contributed by atoms with Crippen molar-refractivity contribution in [2.75, 3.05) is 32.1 Å². The maximum atomic E-state index is 13.7. The van der Waals surface area contributed by atoms with Gasteiger partial charge in [0.15, 0.2) is 0 Å². The van der Waals surface area contributed by atoms with Crippen LogP contribution >= 0.6 is 0 Å². The van der Waals surface area contributed by atoms with Crippen molar-refractivity contribution < 1.29 is 26.7 Å². The molecule has 29 heavy (non-hydrogen) atoms. The second-order valence-corrected chi connectivity index (χ2v) is 8.78. The summed E-state index contributed by atoms with van der Waals surface area (Å²) in [5.41, 5.74) is 0.517. The quantitative estimate of drug-likeness (QED) is 0.740. The average molecular weight is 424 g/mol. The van der Waals surface area contributed by atoms with Crippen LogP contribution < -0.4 is 9.64 Å². The van der Waals surface area contributed by atoms with Gasteiger partial charge in [-0.2, -0.15) is 4.31 Å². The molecule has 0 saturated carbocycles. The summed E-state index contributed by atoms with van der Waals surface area (Å²) < 4.78 is 59.2. The number of hydrogen-bond donors (Lipinski definition) is 0. The molecule has 9 heteroatoms. The Balaban J connectivity index is 1.82. The van der Waals surface area contributed by atoms with Gasteiger partial charge in [-0.15, -0.1) is 0 Å². The van der Waals surface area contributed by atoms with Crippen LogP contribution in [0.25, 0.3) is 0 Å². The molecule has 1 aliphatic heterocycles. The molecule has 2 aromatic carbocycles. The average Bonchev–Trinajstić information content (AvgIpc) is 2.73. The van der Waals surface area contributed by atoms with E-state index in [2.05, 4.69) is 0 Å². The minimum atomic E-state index is -4.04. The molecule has 0 unspecified atom stereocenters. The van der Waals surface area contributed by atoms with Crippen molar-refractivity contribution in [3.05, 3.63) is 54.1 Å². The lowest BCUT2D eigenvalue weighted by atomic mass is 9.98. The molecule has 0 bridgehead atoms. The van der Waals surface area contributed by atoms with E-state index in [9.17, 15) is 22.0 Å². The molecule has 6 nitrogen and oxygen atoms in total. The van der Waals surface area contributed by atoms with Gasteiger partial charge in [0.2, 0.25) is 15.9 Å². The number of nitrogens with zero attached hydrogens (tertiary/aromatic N) is 2. The molecule has 0 aromatic heterocycles. The summed E-state index contributed by atoms with van der Waals surface area (Å²) in [6, 6.07) is 8.80. The van der Waals surface area contributed by atoms with Gasteiger partial charge in [-0.3, -0.25) is 4.79 Å². The number of methoxy groups -OCH3 is 1. The summed E-state index contributed by atoms with van der Waals surface area (Å²) in [5, 5.41) is 0. The lowest BCUT2D eigenvalue weighted by molar-refractivity contribution is -0.123. The Morgan fingerprint density at radius 2 is 1.79 bits per heavy atom. The molecule has 1 saturated heterocycles. The molecule has 1 fully saturated rings. The van der Waals surface area contributed by atoms with Gasteiger partial charge in [0.05, 0.1) is 13.0 Å². The first-order valence-corrected chi connectivity index (χ1v) is 10.5. The van der Waals surface area contributed by atoms with Crippen molar-refractivity contribution in [2.45, 2.75) is 17.7 Å². The number of carbonyl (C=O) groups excluding carboxylic acids is 1. The first-order valence-electron chi connectivity index (χ1n) is 9.11. The first kappa shape index (κ1) is 21.2. The minimum absolute atomic E-state index is 0.0215. The summed E-state index contributed by atoms with van der Waals surface area (Å²) >= 11 is 0. The van der Waals surface area contributed by atoms with E-state index in [4.69, 9.17) is 4.74 Å². The number of ether oxygens (including phenoxy) is 1. The SMILES string of the molecule is COc1ccc(F)cc1S(=O)(=O)N1CCC[C@H](C(=O)N(C)c2ccc(F)cc2)C1. The number of hydrogen-bond acceptors (Lipinski definition) is 4. The summed E-state index contributed by atoms with van der Waals surface area (Å²) in [6.07, 6.45) is 1.02. The second-order valence-electron chi connectivity index (χ2n) is 6.87. The van der Waals surface area contributed by atoms with Crippen molar-refractivity contribution >= 4 is 21.6 Å². The van der Waals surface area contributed by atoms with Gasteiger partial charge in [-0.25, -0.2) is 17.2 Å². The number of anilines is 1. The number of piperidine rings is 1. The second kappa shape index (κ2) is 8.46. The van der Waals surface area contributed by atoms with Crippen LogP contribution in [0.15, 0.2) is 47.4 Å². The summed E-state index contributed by atoms with van der Waals surface area (Å²) in [5.74, 6) is -1.88. The predicted molar refractivity (Wildman–Crippen MR) is 104 cm³/mol. The van der Waals surface area contributed by atoms with Crippen LogP contribution in [0.3, 0.4) is 0 Å². The Kier molecular flexibility index (Phi) is 6.18. The van der Waals surface area contributed by atoms with Gasteiger partial charge < -0.3 is 9.64 Å². The Morgan fingerprint density at radius 3 is 2.45 bits per heavy atom. The lowest BCUT2D eigenvalue weighted by Gasteiger charge is -2.33. The highest BCUT2D eigenvalue weighted by Gasteiger charge is 2.36. The lowest BCUT2D eigenvalue weighted by Crippen LogP contribution is -2.46. The van der Waals surface area contributed by atoms with Crippen LogP contribution in [0, 0.1) is 17.6 Å². The fraction of sp³-hybridized carbons (Fsp3) is 0.350. The molecule has 1 heterocycles. The predicted octanol–water partition coefficient (Wildman–Crippen LogP) is 3.04. The Hall–Kier alpha value is -2.52. The zero-order valence-corrected chi connectivity index (χ0v) is 17.0. The van der Waals surface area contributed by atoms with Crippen LogP contribution in [-0.2, 0) is 14.8 Å². The monoisotopic (exact) mass is 424 g/mol. The molecule has 156 valence electrons. The fourth-order valence-corrected chi connectivity index (χ4v) is 5.11. The van der Waals surface area contributed by atoms with E-state index in [0.717, 1.165) is 12.1 Å². The van der Waals surface area contributed by atoms with Crippen molar-refractivity contribution in [1.82, 2.24) is 4.31 Å². The molecule has 0 spiro atoms. The van der Waals surface area contributed by atoms with E-state index in [-0.39, 0.29) is 29.6 Å². The molecule has 0 aliphatic carbocycles. The molecule has 1 amide bonds. The Bertz CT molecular complexity index is 996. The Labute approximate surface area is 168 Å². The third-order valence-electron chi connectivity index (χ3n) is 5.02. The molecular formula is C20H22F2N2O4S. The molecular weight excluding hydrogens is 402 g/mol. The van der Waals surface area contributed by atoms with Gasteiger partial charge in [-0.1, -0.05) is 0 Å². The van der Waals surface area contributed by atoms with Gasteiger partial charge in [0.25, 0.3) is 0 Å². The highest BCUT2D eigenvalue weighted by Crippen LogP contribution is 2.31. The number of sulfonamides is 1. The summed E-state index contributed by atoms with van der Waals surface area (Å²) in [4.78, 5) is 14.0. The standard InChI is InChI=1S/C20H22F2N2O4S/c1-23(17-8-5-15(21)6-9-17)20(25)14-4-3-11-24(13-14)29(26,27)19-12-16(22)7-10-18(19)28-2/h5-10,12,14H,3-4,11,13H2,1-2H3/t14-/m0/s1. The highest BCUT2D eigenvalue weighted by atomic mass is 32.2. The maximum Gasteiger partial charge on any atom is 0.246 e. The van der Waals surface area contributed by atoms with Gasteiger partial charge in [0.1, 0.15) is 22.3 Å². The molecule has 3 rings (SSSR count). The normalized spacial score (nSPS) is 17.7. The van der Waals surface area contributed by atoms with Crippen LogP contribution in [-0.4, -0.2) is 45.9 Å². The van der Waals surface area contributed by atoms with Gasteiger partial charge in [0, 0.05) is 25.8 Å². The smallest absolute Gasteiger partial charge is 0.246 e. The van der Waals surface area contributed by atoms with Crippen molar-refractivity contribution in [3.63, 3.8) is 0 Å². The van der Waals surface area contributed by atoms with E-state index in [0.29, 0.717) is 18.5 Å². The van der Waals surface area contributed by atoms with E-state index >= 15 is 0 Å². The highest BCUT2D eigenvalue weighted by molar-refractivity contribution is 7.89. The molecule has 0 N–H and O–H groups in total. The topological polar surface area (TPSA) is 66.9 Å². The van der Waals surface area contributed by atoms with Gasteiger partial charge in [-0.05, 0) is 55.3 Å². The molecule has 0 radical (unpaired) electrons. The van der Waals surface area contributed by atoms with Crippen LogP contribution in [0.2, 0.25) is 0 Å². The van der Waals surface area contributed by atoms with E-state index in [1.54, 1.807) is 7.05 Å². The third-order valence-corrected chi connectivity index (χ3v) is 6.91.